The maximum Gasteiger partial charge on any atom is 0.254 e. The van der Waals surface area contributed by atoms with E-state index in [4.69, 9.17) is 9.72 Å². The summed E-state index contributed by atoms with van der Waals surface area (Å²) in [4.78, 5) is 22.1. The minimum atomic E-state index is 0.0401. The SMILES string of the molecule is Cc1cccc2sc(N3CCN(C(=O)c4cccc(Oc5ccccc5)c4)CC3)nc12. The molecule has 1 saturated heterocycles. The van der Waals surface area contributed by atoms with Crippen LogP contribution in [0.1, 0.15) is 15.9 Å². The van der Waals surface area contributed by atoms with Gasteiger partial charge in [0.15, 0.2) is 5.13 Å². The maximum absolute atomic E-state index is 13.1. The van der Waals surface area contributed by atoms with Gasteiger partial charge in [-0.2, -0.15) is 0 Å². The summed E-state index contributed by atoms with van der Waals surface area (Å²) in [5, 5.41) is 1.04. The molecule has 0 atom stereocenters. The zero-order valence-electron chi connectivity index (χ0n) is 17.3. The summed E-state index contributed by atoms with van der Waals surface area (Å²) in [5.74, 6) is 1.46. The number of para-hydroxylation sites is 2. The predicted molar refractivity (Wildman–Crippen MR) is 125 cm³/mol. The number of carbonyl (C=O) groups is 1. The third-order valence-electron chi connectivity index (χ3n) is 5.51. The van der Waals surface area contributed by atoms with Crippen molar-refractivity contribution < 1.29 is 9.53 Å². The molecular formula is C25H23N3O2S. The van der Waals surface area contributed by atoms with Crippen LogP contribution in [0.5, 0.6) is 11.5 Å². The highest BCUT2D eigenvalue weighted by Gasteiger charge is 2.24. The molecule has 6 heteroatoms. The molecule has 31 heavy (non-hydrogen) atoms. The number of amides is 1. The minimum absolute atomic E-state index is 0.0401. The quantitative estimate of drug-likeness (QED) is 0.438. The Labute approximate surface area is 185 Å². The van der Waals surface area contributed by atoms with E-state index in [-0.39, 0.29) is 5.91 Å². The molecular weight excluding hydrogens is 406 g/mol. The summed E-state index contributed by atoms with van der Waals surface area (Å²) in [6, 6.07) is 23.3. The smallest absolute Gasteiger partial charge is 0.254 e. The van der Waals surface area contributed by atoms with Crippen molar-refractivity contribution in [3.63, 3.8) is 0 Å². The number of rotatable bonds is 4. The van der Waals surface area contributed by atoms with Crippen molar-refractivity contribution in [3.05, 3.63) is 83.9 Å². The lowest BCUT2D eigenvalue weighted by Crippen LogP contribution is -2.48. The van der Waals surface area contributed by atoms with Crippen LogP contribution in [-0.4, -0.2) is 42.0 Å². The minimum Gasteiger partial charge on any atom is -0.457 e. The Balaban J connectivity index is 1.25. The molecule has 1 aromatic heterocycles. The van der Waals surface area contributed by atoms with Gasteiger partial charge in [-0.3, -0.25) is 4.79 Å². The number of aromatic nitrogens is 1. The van der Waals surface area contributed by atoms with Crippen LogP contribution in [0.4, 0.5) is 5.13 Å². The topological polar surface area (TPSA) is 45.7 Å². The number of carbonyl (C=O) groups excluding carboxylic acids is 1. The van der Waals surface area contributed by atoms with Gasteiger partial charge in [-0.25, -0.2) is 4.98 Å². The summed E-state index contributed by atoms with van der Waals surface area (Å²) >= 11 is 1.72. The normalized spacial score (nSPS) is 14.1. The molecule has 4 aromatic rings. The van der Waals surface area contributed by atoms with Crippen LogP contribution in [0.2, 0.25) is 0 Å². The molecule has 0 unspecified atom stereocenters. The predicted octanol–water partition coefficient (Wildman–Crippen LogP) is 5.36. The molecule has 5 rings (SSSR count). The Morgan fingerprint density at radius 2 is 1.65 bits per heavy atom. The lowest BCUT2D eigenvalue weighted by atomic mass is 10.1. The van der Waals surface area contributed by atoms with Gasteiger partial charge in [0.05, 0.1) is 10.2 Å². The van der Waals surface area contributed by atoms with E-state index in [2.05, 4.69) is 30.0 Å². The van der Waals surface area contributed by atoms with Gasteiger partial charge in [0.2, 0.25) is 0 Å². The number of hydrogen-bond acceptors (Lipinski definition) is 5. The van der Waals surface area contributed by atoms with Crippen LogP contribution in [0.3, 0.4) is 0 Å². The molecule has 1 aliphatic heterocycles. The lowest BCUT2D eigenvalue weighted by Gasteiger charge is -2.34. The third kappa shape index (κ3) is 4.11. The monoisotopic (exact) mass is 429 g/mol. The molecule has 1 aliphatic rings. The van der Waals surface area contributed by atoms with Crippen molar-refractivity contribution in [3.8, 4) is 11.5 Å². The van der Waals surface area contributed by atoms with E-state index in [9.17, 15) is 4.79 Å². The molecule has 0 N–H and O–H groups in total. The second-order valence-electron chi connectivity index (χ2n) is 7.64. The Morgan fingerprint density at radius 1 is 0.903 bits per heavy atom. The Bertz CT molecular complexity index is 1210. The second kappa shape index (κ2) is 8.40. The molecule has 1 fully saturated rings. The summed E-state index contributed by atoms with van der Waals surface area (Å²) in [5.41, 5.74) is 2.93. The van der Waals surface area contributed by atoms with Crippen molar-refractivity contribution in [1.82, 2.24) is 9.88 Å². The van der Waals surface area contributed by atoms with E-state index in [0.717, 1.165) is 29.5 Å². The number of thiazole rings is 1. The number of benzene rings is 3. The Morgan fingerprint density at radius 3 is 2.42 bits per heavy atom. The molecule has 0 bridgehead atoms. The summed E-state index contributed by atoms with van der Waals surface area (Å²) in [7, 11) is 0. The zero-order chi connectivity index (χ0) is 21.2. The molecule has 156 valence electrons. The summed E-state index contributed by atoms with van der Waals surface area (Å²) in [6.45, 7) is 5.02. The molecule has 0 radical (unpaired) electrons. The average Bonchev–Trinajstić information content (AvgIpc) is 3.25. The molecule has 5 nitrogen and oxygen atoms in total. The van der Waals surface area contributed by atoms with Crippen LogP contribution in [-0.2, 0) is 0 Å². The molecule has 0 spiro atoms. The van der Waals surface area contributed by atoms with Crippen LogP contribution in [0.25, 0.3) is 10.2 Å². The number of anilines is 1. The molecule has 1 amide bonds. The fourth-order valence-corrected chi connectivity index (χ4v) is 4.91. The molecule has 2 heterocycles. The van der Waals surface area contributed by atoms with E-state index in [1.54, 1.807) is 11.3 Å². The largest absolute Gasteiger partial charge is 0.457 e. The van der Waals surface area contributed by atoms with E-state index < -0.39 is 0 Å². The van der Waals surface area contributed by atoms with Gasteiger partial charge < -0.3 is 14.5 Å². The molecule has 0 saturated carbocycles. The van der Waals surface area contributed by atoms with Crippen molar-refractivity contribution in [2.75, 3.05) is 31.1 Å². The highest BCUT2D eigenvalue weighted by Crippen LogP contribution is 2.31. The van der Waals surface area contributed by atoms with Crippen molar-refractivity contribution in [1.29, 1.82) is 0 Å². The lowest BCUT2D eigenvalue weighted by molar-refractivity contribution is 0.0746. The van der Waals surface area contributed by atoms with Crippen LogP contribution < -0.4 is 9.64 Å². The molecule has 0 aliphatic carbocycles. The first-order chi connectivity index (χ1) is 15.2. The van der Waals surface area contributed by atoms with Crippen molar-refractivity contribution in [2.24, 2.45) is 0 Å². The summed E-state index contributed by atoms with van der Waals surface area (Å²) in [6.07, 6.45) is 0. The average molecular weight is 430 g/mol. The summed E-state index contributed by atoms with van der Waals surface area (Å²) < 4.78 is 7.10. The number of aryl methyl sites for hydroxylation is 1. The Hall–Kier alpha value is -3.38. The van der Waals surface area contributed by atoms with Gasteiger partial charge >= 0.3 is 0 Å². The highest BCUT2D eigenvalue weighted by atomic mass is 32.1. The van der Waals surface area contributed by atoms with Gasteiger partial charge in [0.25, 0.3) is 5.91 Å². The van der Waals surface area contributed by atoms with Gasteiger partial charge in [-0.15, -0.1) is 0 Å². The molecule has 3 aromatic carbocycles. The standard InChI is InChI=1S/C25H23N3O2S/c1-18-7-5-12-22-23(18)26-25(31-22)28-15-13-27(14-16-28)24(29)19-8-6-11-21(17-19)30-20-9-3-2-4-10-20/h2-12,17H,13-16H2,1H3. The highest BCUT2D eigenvalue weighted by molar-refractivity contribution is 7.22. The first-order valence-electron chi connectivity index (χ1n) is 10.4. The van der Waals surface area contributed by atoms with E-state index in [1.807, 2.05) is 59.5 Å². The fraction of sp³-hybridized carbons (Fsp3) is 0.200. The van der Waals surface area contributed by atoms with Crippen LogP contribution >= 0.6 is 11.3 Å². The number of ether oxygens (including phenoxy) is 1. The fourth-order valence-electron chi connectivity index (χ4n) is 3.81. The van der Waals surface area contributed by atoms with Gasteiger partial charge in [0.1, 0.15) is 11.5 Å². The van der Waals surface area contributed by atoms with Crippen molar-refractivity contribution in [2.45, 2.75) is 6.92 Å². The van der Waals surface area contributed by atoms with Gasteiger partial charge in [-0.05, 0) is 48.9 Å². The number of nitrogens with zero attached hydrogens (tertiary/aromatic N) is 3. The first kappa shape index (κ1) is 19.6. The number of hydrogen-bond donors (Lipinski definition) is 0. The zero-order valence-corrected chi connectivity index (χ0v) is 18.1. The van der Waals surface area contributed by atoms with Crippen molar-refractivity contribution >= 4 is 32.6 Å². The first-order valence-corrected chi connectivity index (χ1v) is 11.2. The second-order valence-corrected chi connectivity index (χ2v) is 8.65. The van der Waals surface area contributed by atoms with E-state index in [1.165, 1.54) is 10.3 Å². The number of fused-ring (bicyclic) bond motifs is 1. The van der Waals surface area contributed by atoms with E-state index in [0.29, 0.717) is 24.4 Å². The Kier molecular flexibility index (Phi) is 5.30. The maximum atomic E-state index is 13.1. The van der Waals surface area contributed by atoms with E-state index >= 15 is 0 Å². The third-order valence-corrected chi connectivity index (χ3v) is 6.59. The van der Waals surface area contributed by atoms with Crippen LogP contribution in [0.15, 0.2) is 72.8 Å². The van der Waals surface area contributed by atoms with Gasteiger partial charge in [0, 0.05) is 31.7 Å². The van der Waals surface area contributed by atoms with Crippen LogP contribution in [0, 0.1) is 6.92 Å². The van der Waals surface area contributed by atoms with Gasteiger partial charge in [-0.1, -0.05) is 47.7 Å². The number of piperazine rings is 1.